The lowest BCUT2D eigenvalue weighted by molar-refractivity contribution is 0.483. The van der Waals surface area contributed by atoms with Gasteiger partial charge in [-0.2, -0.15) is 0 Å². The summed E-state index contributed by atoms with van der Waals surface area (Å²) in [6, 6.07) is 70.6. The number of benzene rings is 8. The molecule has 0 radical (unpaired) electrons. The molecule has 0 aliphatic carbocycles. The maximum absolute atomic E-state index is 6.94. The summed E-state index contributed by atoms with van der Waals surface area (Å²) in [4.78, 5) is 10.2. The second-order valence-electron chi connectivity index (χ2n) is 23.9. The summed E-state index contributed by atoms with van der Waals surface area (Å²) in [6.07, 6.45) is 2.08. The van der Waals surface area contributed by atoms with E-state index in [-0.39, 0.29) is 21.7 Å². The van der Waals surface area contributed by atoms with E-state index in [2.05, 4.69) is 291 Å². The summed E-state index contributed by atoms with van der Waals surface area (Å²) in [5.41, 5.74) is 17.5. The van der Waals surface area contributed by atoms with Gasteiger partial charge in [-0.25, -0.2) is 4.98 Å². The Morgan fingerprint density at radius 3 is 1.70 bits per heavy atom. The molecule has 0 amide bonds. The molecular weight excluding hydrogens is 901 g/mol. The van der Waals surface area contributed by atoms with Crippen molar-refractivity contribution in [2.24, 2.45) is 0 Å². The molecule has 0 atom stereocenters. The highest BCUT2D eigenvalue weighted by Crippen LogP contribution is 2.49. The van der Waals surface area contributed by atoms with Gasteiger partial charge in [-0.3, -0.25) is 4.57 Å². The van der Waals surface area contributed by atoms with E-state index >= 15 is 0 Å². The first kappa shape index (κ1) is 48.4. The number of nitrogens with zero attached hydrogens (tertiary/aromatic N) is 4. The number of fused-ring (bicyclic) bond motifs is 4. The van der Waals surface area contributed by atoms with Crippen LogP contribution in [0.5, 0.6) is 11.5 Å². The van der Waals surface area contributed by atoms with Gasteiger partial charge in [-0.1, -0.05) is 197 Å². The minimum atomic E-state index is -0.336. The fraction of sp³-hybridized carbons (Fsp3) is 0.232. The molecule has 0 saturated heterocycles. The molecule has 0 N–H and O–H groups in total. The highest BCUT2D eigenvalue weighted by atomic mass is 16.5. The van der Waals surface area contributed by atoms with Crippen molar-refractivity contribution in [3.05, 3.63) is 228 Å². The Bertz CT molecular complexity index is 3660. The van der Waals surface area contributed by atoms with Gasteiger partial charge >= 0.3 is 0 Å². The first-order valence-corrected chi connectivity index (χ1v) is 26.2. The van der Waals surface area contributed by atoms with Gasteiger partial charge in [0.15, 0.2) is 0 Å². The van der Waals surface area contributed by atoms with Gasteiger partial charge in [0.25, 0.3) is 0 Å². The molecule has 0 unspecified atom stereocenters. The van der Waals surface area contributed by atoms with Crippen LogP contribution in [0.1, 0.15) is 104 Å². The zero-order chi connectivity index (χ0) is 51.7. The highest BCUT2D eigenvalue weighted by molar-refractivity contribution is 6.09. The number of rotatable bonds is 9. The van der Waals surface area contributed by atoms with Crippen molar-refractivity contribution < 1.29 is 4.74 Å². The molecule has 1 aliphatic rings. The molecule has 10 aromatic rings. The molecule has 0 spiro atoms. The third-order valence-electron chi connectivity index (χ3n) is 15.3. The van der Waals surface area contributed by atoms with Crippen LogP contribution in [-0.2, 0) is 21.7 Å². The predicted molar refractivity (Wildman–Crippen MR) is 313 cm³/mol. The van der Waals surface area contributed by atoms with E-state index < -0.39 is 0 Å². The quantitative estimate of drug-likeness (QED) is 0.144. The Kier molecular flexibility index (Phi) is 11.9. The van der Waals surface area contributed by atoms with E-state index in [9.17, 15) is 0 Å². The lowest BCUT2D eigenvalue weighted by atomic mass is 9.75. The van der Waals surface area contributed by atoms with Crippen molar-refractivity contribution in [1.29, 1.82) is 0 Å². The average molecular weight is 969 g/mol. The van der Waals surface area contributed by atoms with Gasteiger partial charge in [-0.15, -0.1) is 0 Å². The summed E-state index contributed by atoms with van der Waals surface area (Å²) in [6.45, 7) is 25.9. The average Bonchev–Trinajstić information content (AvgIpc) is 3.94. The second kappa shape index (κ2) is 18.2. The largest absolute Gasteiger partial charge is 0.457 e. The summed E-state index contributed by atoms with van der Waals surface area (Å²) < 4.78 is 9.25. The maximum Gasteiger partial charge on any atom is 0.137 e. The third-order valence-corrected chi connectivity index (χ3v) is 15.3. The highest BCUT2D eigenvalue weighted by Gasteiger charge is 2.32. The minimum Gasteiger partial charge on any atom is -0.457 e. The Morgan fingerprint density at radius 1 is 0.405 bits per heavy atom. The predicted octanol–water partition coefficient (Wildman–Crippen LogP) is 18.8. The van der Waals surface area contributed by atoms with E-state index in [1.165, 1.54) is 55.7 Å². The lowest BCUT2D eigenvalue weighted by Gasteiger charge is -2.29. The molecule has 74 heavy (non-hydrogen) atoms. The molecule has 2 aromatic heterocycles. The van der Waals surface area contributed by atoms with Crippen molar-refractivity contribution >= 4 is 44.6 Å². The molecule has 0 fully saturated rings. The number of pyridine rings is 1. The van der Waals surface area contributed by atoms with Crippen molar-refractivity contribution in [3.63, 3.8) is 0 Å². The molecule has 1 aliphatic heterocycles. The molecule has 11 rings (SSSR count). The molecule has 5 heteroatoms. The number of para-hydroxylation sites is 1. The number of aromatic nitrogens is 2. The van der Waals surface area contributed by atoms with Crippen LogP contribution in [0, 0.1) is 0 Å². The van der Waals surface area contributed by atoms with Crippen LogP contribution in [0.25, 0.3) is 49.9 Å². The van der Waals surface area contributed by atoms with E-state index in [1.807, 2.05) is 0 Å². The number of hydrogen-bond donors (Lipinski definition) is 0. The van der Waals surface area contributed by atoms with Gasteiger partial charge in [0.2, 0.25) is 0 Å². The van der Waals surface area contributed by atoms with E-state index in [1.54, 1.807) is 0 Å². The van der Waals surface area contributed by atoms with Crippen molar-refractivity contribution in [2.75, 3.05) is 16.5 Å². The summed E-state index contributed by atoms with van der Waals surface area (Å²) in [5.74, 6) is 2.38. The SMILES string of the molecule is CC(C)(C)c1ccc(-c2cnc(-n3c4ccccc4c4ccc(Oc5cccc(N6CN(c7cc(C(C)(C)C)cc(C(C)(C)C)c7)c7ccc(-c8ccccc8)cc76)c5)cc43)cc2C(C)(C)c2ccccc2)cc1. The zero-order valence-corrected chi connectivity index (χ0v) is 45.0. The van der Waals surface area contributed by atoms with Gasteiger partial charge in [0, 0.05) is 51.5 Å². The van der Waals surface area contributed by atoms with Crippen molar-refractivity contribution in [2.45, 2.75) is 97.8 Å². The van der Waals surface area contributed by atoms with Crippen molar-refractivity contribution in [1.82, 2.24) is 9.55 Å². The number of hydrogen-bond acceptors (Lipinski definition) is 4. The summed E-state index contributed by atoms with van der Waals surface area (Å²) in [7, 11) is 0. The van der Waals surface area contributed by atoms with E-state index in [0.29, 0.717) is 6.67 Å². The molecular formula is C69H68N4O. The van der Waals surface area contributed by atoms with E-state index in [0.717, 1.165) is 56.2 Å². The molecule has 3 heterocycles. The van der Waals surface area contributed by atoms with Gasteiger partial charge in [0.1, 0.15) is 24.0 Å². The van der Waals surface area contributed by atoms with Crippen LogP contribution in [-0.4, -0.2) is 16.2 Å². The topological polar surface area (TPSA) is 33.5 Å². The van der Waals surface area contributed by atoms with Crippen LogP contribution >= 0.6 is 0 Å². The Balaban J connectivity index is 0.993. The number of ether oxygens (including phenoxy) is 1. The Morgan fingerprint density at radius 2 is 1.01 bits per heavy atom. The van der Waals surface area contributed by atoms with Gasteiger partial charge in [0.05, 0.1) is 22.4 Å². The first-order valence-electron chi connectivity index (χ1n) is 26.2. The molecule has 5 nitrogen and oxygen atoms in total. The van der Waals surface area contributed by atoms with E-state index in [4.69, 9.17) is 9.72 Å². The molecule has 0 bridgehead atoms. The standard InChI is InChI=1S/C69H68N4O/c1-66(2,3)49-32-29-47(30-33-49)59-44-70-65(43-60(59)69(10,11)50-23-16-13-17-24-50)73-61-28-19-18-27-57(61)58-35-34-56(42-63(58)73)74-55-26-20-25-53(41-55)71-45-72(54-39-51(67(4,5)6)38-52(40-54)68(7,8)9)62-36-31-48(37-64(62)71)46-21-14-12-15-22-46/h12-44H,45H2,1-11H3. The lowest BCUT2D eigenvalue weighted by Crippen LogP contribution is -2.25. The smallest absolute Gasteiger partial charge is 0.137 e. The minimum absolute atomic E-state index is 0.0127. The fourth-order valence-electron chi connectivity index (χ4n) is 10.7. The fourth-order valence-corrected chi connectivity index (χ4v) is 10.7. The Hall–Kier alpha value is -7.89. The van der Waals surface area contributed by atoms with Gasteiger partial charge in [-0.05, 0) is 121 Å². The van der Waals surface area contributed by atoms with Gasteiger partial charge < -0.3 is 14.5 Å². The molecule has 0 saturated carbocycles. The first-order chi connectivity index (χ1) is 35.3. The monoisotopic (exact) mass is 969 g/mol. The van der Waals surface area contributed by atoms with Crippen LogP contribution in [0.4, 0.5) is 22.7 Å². The molecule has 370 valence electrons. The molecule has 8 aromatic carbocycles. The third kappa shape index (κ3) is 9.04. The Labute approximate surface area is 438 Å². The van der Waals surface area contributed by atoms with Crippen LogP contribution < -0.4 is 14.5 Å². The normalized spacial score (nSPS) is 13.2. The summed E-state index contributed by atoms with van der Waals surface area (Å²) in [5, 5.41) is 2.31. The second-order valence-corrected chi connectivity index (χ2v) is 23.9. The maximum atomic E-state index is 6.94. The van der Waals surface area contributed by atoms with Crippen LogP contribution in [0.3, 0.4) is 0 Å². The van der Waals surface area contributed by atoms with Crippen molar-refractivity contribution in [3.8, 4) is 39.6 Å². The summed E-state index contributed by atoms with van der Waals surface area (Å²) >= 11 is 0. The van der Waals surface area contributed by atoms with Crippen LogP contribution in [0.15, 0.2) is 200 Å². The number of anilines is 4. The van der Waals surface area contributed by atoms with Crippen LogP contribution in [0.2, 0.25) is 0 Å². The zero-order valence-electron chi connectivity index (χ0n) is 45.0.